The van der Waals surface area contributed by atoms with Crippen molar-refractivity contribution in [3.05, 3.63) is 0 Å². The molecule has 0 aromatic carbocycles. The molecule has 1 aliphatic carbocycles. The molecule has 1 aliphatic rings. The lowest BCUT2D eigenvalue weighted by Gasteiger charge is -2.37. The van der Waals surface area contributed by atoms with Crippen molar-refractivity contribution in [1.29, 1.82) is 0 Å². The van der Waals surface area contributed by atoms with E-state index < -0.39 is 0 Å². The van der Waals surface area contributed by atoms with Crippen LogP contribution in [0.15, 0.2) is 0 Å². The van der Waals surface area contributed by atoms with Gasteiger partial charge in [-0.05, 0) is 50.7 Å². The minimum atomic E-state index is 0.474. The summed E-state index contributed by atoms with van der Waals surface area (Å²) in [7, 11) is 2.26. The van der Waals surface area contributed by atoms with Gasteiger partial charge < -0.3 is 10.6 Å². The van der Waals surface area contributed by atoms with Crippen LogP contribution in [0.5, 0.6) is 0 Å². The molecule has 0 aromatic rings. The van der Waals surface area contributed by atoms with Crippen molar-refractivity contribution in [2.24, 2.45) is 17.1 Å². The van der Waals surface area contributed by atoms with Crippen molar-refractivity contribution < 1.29 is 0 Å². The second-order valence-electron chi connectivity index (χ2n) is 6.29. The van der Waals surface area contributed by atoms with Gasteiger partial charge in [0, 0.05) is 6.54 Å². The Hall–Kier alpha value is -0.0800. The van der Waals surface area contributed by atoms with Crippen LogP contribution in [0.4, 0.5) is 0 Å². The Kier molecular flexibility index (Phi) is 6.50. The molecule has 1 saturated carbocycles. The highest BCUT2D eigenvalue weighted by atomic mass is 15.1. The van der Waals surface area contributed by atoms with Crippen LogP contribution in [0.2, 0.25) is 0 Å². The maximum atomic E-state index is 6.03. The first-order valence-electron chi connectivity index (χ1n) is 7.50. The van der Waals surface area contributed by atoms with Crippen molar-refractivity contribution in [2.75, 3.05) is 26.7 Å². The molecular weight excluding hydrogens is 208 g/mol. The van der Waals surface area contributed by atoms with Gasteiger partial charge in [-0.25, -0.2) is 0 Å². The van der Waals surface area contributed by atoms with E-state index in [4.69, 9.17) is 5.73 Å². The third-order valence-corrected chi connectivity index (χ3v) is 4.69. The second kappa shape index (κ2) is 7.38. The molecule has 17 heavy (non-hydrogen) atoms. The normalized spacial score (nSPS) is 21.7. The minimum absolute atomic E-state index is 0.474. The SMILES string of the molecule is CCC(C)CN(C)CCC1(CN)CCCCC1. The Labute approximate surface area is 108 Å². The first-order chi connectivity index (χ1) is 8.12. The third kappa shape index (κ3) is 4.97. The predicted octanol–water partition coefficient (Wildman–Crippen LogP) is 3.26. The summed E-state index contributed by atoms with van der Waals surface area (Å²) in [6.07, 6.45) is 9.52. The first kappa shape index (κ1) is 15.0. The van der Waals surface area contributed by atoms with Crippen LogP contribution in [0.1, 0.15) is 58.8 Å². The quantitative estimate of drug-likeness (QED) is 0.740. The van der Waals surface area contributed by atoms with Gasteiger partial charge in [0.1, 0.15) is 0 Å². The first-order valence-corrected chi connectivity index (χ1v) is 7.50. The number of nitrogens with zero attached hydrogens (tertiary/aromatic N) is 1. The highest BCUT2D eigenvalue weighted by molar-refractivity contribution is 4.84. The van der Waals surface area contributed by atoms with Crippen LogP contribution in [0.3, 0.4) is 0 Å². The summed E-state index contributed by atoms with van der Waals surface area (Å²) in [5, 5.41) is 0. The zero-order chi connectivity index (χ0) is 12.7. The van der Waals surface area contributed by atoms with Crippen LogP contribution < -0.4 is 5.73 Å². The van der Waals surface area contributed by atoms with Gasteiger partial charge in [0.05, 0.1) is 0 Å². The Morgan fingerprint density at radius 3 is 2.41 bits per heavy atom. The summed E-state index contributed by atoms with van der Waals surface area (Å²) in [5.41, 5.74) is 6.51. The fraction of sp³-hybridized carbons (Fsp3) is 1.00. The smallest absolute Gasteiger partial charge is 0.000387 e. The summed E-state index contributed by atoms with van der Waals surface area (Å²) >= 11 is 0. The van der Waals surface area contributed by atoms with E-state index in [2.05, 4.69) is 25.8 Å². The van der Waals surface area contributed by atoms with E-state index in [1.807, 2.05) is 0 Å². The molecule has 0 heterocycles. The predicted molar refractivity (Wildman–Crippen MR) is 76.1 cm³/mol. The molecule has 0 aliphatic heterocycles. The van der Waals surface area contributed by atoms with Gasteiger partial charge in [0.2, 0.25) is 0 Å². The Morgan fingerprint density at radius 2 is 1.88 bits per heavy atom. The molecule has 0 spiro atoms. The van der Waals surface area contributed by atoms with Gasteiger partial charge in [-0.2, -0.15) is 0 Å². The molecule has 0 radical (unpaired) electrons. The van der Waals surface area contributed by atoms with Crippen molar-refractivity contribution in [3.63, 3.8) is 0 Å². The van der Waals surface area contributed by atoms with Crippen LogP contribution in [-0.2, 0) is 0 Å². The van der Waals surface area contributed by atoms with Gasteiger partial charge in [-0.15, -0.1) is 0 Å². The van der Waals surface area contributed by atoms with Crippen LogP contribution in [0.25, 0.3) is 0 Å². The molecule has 0 saturated heterocycles. The van der Waals surface area contributed by atoms with Gasteiger partial charge in [0.15, 0.2) is 0 Å². The van der Waals surface area contributed by atoms with E-state index in [1.165, 1.54) is 58.0 Å². The Bertz CT molecular complexity index is 197. The van der Waals surface area contributed by atoms with Crippen LogP contribution in [-0.4, -0.2) is 31.6 Å². The van der Waals surface area contributed by atoms with E-state index in [9.17, 15) is 0 Å². The van der Waals surface area contributed by atoms with Crippen molar-refractivity contribution in [3.8, 4) is 0 Å². The molecule has 1 atom stereocenters. The van der Waals surface area contributed by atoms with E-state index in [1.54, 1.807) is 0 Å². The zero-order valence-corrected chi connectivity index (χ0v) is 12.2. The fourth-order valence-corrected chi connectivity index (χ4v) is 3.04. The highest BCUT2D eigenvalue weighted by Crippen LogP contribution is 2.38. The van der Waals surface area contributed by atoms with Crippen LogP contribution in [0, 0.1) is 11.3 Å². The summed E-state index contributed by atoms with van der Waals surface area (Å²) in [5.74, 6) is 0.820. The van der Waals surface area contributed by atoms with Gasteiger partial charge in [-0.3, -0.25) is 0 Å². The molecule has 2 heteroatoms. The average molecular weight is 240 g/mol. The third-order valence-electron chi connectivity index (χ3n) is 4.69. The van der Waals surface area contributed by atoms with Crippen molar-refractivity contribution in [2.45, 2.75) is 58.8 Å². The number of hydrogen-bond donors (Lipinski definition) is 1. The summed E-state index contributed by atoms with van der Waals surface area (Å²) in [6, 6.07) is 0. The zero-order valence-electron chi connectivity index (χ0n) is 12.2. The molecule has 102 valence electrons. The molecule has 0 aromatic heterocycles. The Balaban J connectivity index is 2.31. The lowest BCUT2D eigenvalue weighted by Crippen LogP contribution is -2.37. The van der Waals surface area contributed by atoms with Crippen LogP contribution >= 0.6 is 0 Å². The topological polar surface area (TPSA) is 29.3 Å². The van der Waals surface area contributed by atoms with Crippen molar-refractivity contribution in [1.82, 2.24) is 4.90 Å². The molecule has 2 nitrogen and oxygen atoms in total. The van der Waals surface area contributed by atoms with Gasteiger partial charge in [-0.1, -0.05) is 39.5 Å². The standard InChI is InChI=1S/C15H32N2/c1-4-14(2)12-17(3)11-10-15(13-16)8-6-5-7-9-15/h14H,4-13,16H2,1-3H3. The molecule has 1 rings (SSSR count). The summed E-state index contributed by atoms with van der Waals surface area (Å²) in [6.45, 7) is 7.97. The molecule has 2 N–H and O–H groups in total. The number of nitrogens with two attached hydrogens (primary N) is 1. The monoisotopic (exact) mass is 240 g/mol. The minimum Gasteiger partial charge on any atom is -0.330 e. The van der Waals surface area contributed by atoms with E-state index >= 15 is 0 Å². The lowest BCUT2D eigenvalue weighted by atomic mass is 9.72. The molecule has 0 amide bonds. The summed E-state index contributed by atoms with van der Waals surface area (Å²) in [4.78, 5) is 2.50. The number of rotatable bonds is 7. The van der Waals surface area contributed by atoms with E-state index in [0.29, 0.717) is 5.41 Å². The Morgan fingerprint density at radius 1 is 1.24 bits per heavy atom. The molecule has 1 fully saturated rings. The maximum absolute atomic E-state index is 6.03. The van der Waals surface area contributed by atoms with Crippen molar-refractivity contribution >= 4 is 0 Å². The molecule has 1 unspecified atom stereocenters. The molecule has 0 bridgehead atoms. The fourth-order valence-electron chi connectivity index (χ4n) is 3.04. The average Bonchev–Trinajstić information content (AvgIpc) is 2.37. The number of hydrogen-bond acceptors (Lipinski definition) is 2. The largest absolute Gasteiger partial charge is 0.330 e. The van der Waals surface area contributed by atoms with Gasteiger partial charge >= 0.3 is 0 Å². The van der Waals surface area contributed by atoms with Gasteiger partial charge in [0.25, 0.3) is 0 Å². The second-order valence-corrected chi connectivity index (χ2v) is 6.29. The lowest BCUT2D eigenvalue weighted by molar-refractivity contribution is 0.150. The molecular formula is C15H32N2. The highest BCUT2D eigenvalue weighted by Gasteiger charge is 2.30. The summed E-state index contributed by atoms with van der Waals surface area (Å²) < 4.78 is 0. The van der Waals surface area contributed by atoms with E-state index in [0.717, 1.165) is 12.5 Å². The van der Waals surface area contributed by atoms with E-state index in [-0.39, 0.29) is 0 Å². The maximum Gasteiger partial charge on any atom is 0.000387 e.